The van der Waals surface area contributed by atoms with Crippen molar-refractivity contribution in [1.82, 2.24) is 10.2 Å². The van der Waals surface area contributed by atoms with Gasteiger partial charge in [-0.05, 0) is 74.6 Å². The standard InChI is InChI=1S/C30H25BrN2O4/c1-19-6-5-7-20(12-19)17-33-29(34)26(32-30(33)35)15-22-14-25(31)28(27(16-22)36-2)37-18-21-10-11-23-8-3-4-9-24(23)13-21/h3-16H,17-18H2,1-2H3,(H,32,35)/b26-15+. The maximum Gasteiger partial charge on any atom is 0.329 e. The third kappa shape index (κ3) is 5.37. The second-order valence-electron chi connectivity index (χ2n) is 8.87. The van der Waals surface area contributed by atoms with Crippen molar-refractivity contribution in [1.29, 1.82) is 0 Å². The van der Waals surface area contributed by atoms with E-state index in [-0.39, 0.29) is 18.1 Å². The van der Waals surface area contributed by atoms with Gasteiger partial charge in [0.05, 0.1) is 18.1 Å². The molecule has 0 atom stereocenters. The second kappa shape index (κ2) is 10.5. The molecular formula is C30H25BrN2O4. The summed E-state index contributed by atoms with van der Waals surface area (Å²) < 4.78 is 12.4. The van der Waals surface area contributed by atoms with Crippen molar-refractivity contribution < 1.29 is 19.1 Å². The number of carbonyl (C=O) groups is 2. The Morgan fingerprint density at radius 3 is 2.51 bits per heavy atom. The van der Waals surface area contributed by atoms with E-state index in [0.29, 0.717) is 28.1 Å². The summed E-state index contributed by atoms with van der Waals surface area (Å²) in [6.07, 6.45) is 1.64. The number of ether oxygens (including phenoxy) is 2. The van der Waals surface area contributed by atoms with Gasteiger partial charge in [-0.2, -0.15) is 0 Å². The molecule has 0 aromatic heterocycles. The second-order valence-corrected chi connectivity index (χ2v) is 9.73. The molecule has 5 rings (SSSR count). The lowest BCUT2D eigenvalue weighted by atomic mass is 10.1. The third-order valence-electron chi connectivity index (χ3n) is 6.15. The number of urea groups is 1. The van der Waals surface area contributed by atoms with Gasteiger partial charge in [0, 0.05) is 0 Å². The Kier molecular flexibility index (Phi) is 6.97. The van der Waals surface area contributed by atoms with E-state index in [1.165, 1.54) is 10.3 Å². The van der Waals surface area contributed by atoms with Crippen LogP contribution in [0.25, 0.3) is 16.8 Å². The molecule has 0 aliphatic carbocycles. The molecule has 0 saturated carbocycles. The summed E-state index contributed by atoms with van der Waals surface area (Å²) in [5, 5.41) is 5.00. The Labute approximate surface area is 223 Å². The zero-order valence-corrected chi connectivity index (χ0v) is 22.0. The molecule has 1 fully saturated rings. The Hall–Kier alpha value is -4.10. The number of hydrogen-bond donors (Lipinski definition) is 1. The van der Waals surface area contributed by atoms with E-state index >= 15 is 0 Å². The summed E-state index contributed by atoms with van der Waals surface area (Å²) in [5.41, 5.74) is 3.88. The first kappa shape index (κ1) is 24.6. The van der Waals surface area contributed by atoms with Crippen molar-refractivity contribution >= 4 is 44.7 Å². The van der Waals surface area contributed by atoms with E-state index in [9.17, 15) is 9.59 Å². The Morgan fingerprint density at radius 1 is 0.919 bits per heavy atom. The van der Waals surface area contributed by atoms with Gasteiger partial charge >= 0.3 is 6.03 Å². The number of amides is 3. The van der Waals surface area contributed by atoms with E-state index in [2.05, 4.69) is 45.5 Å². The van der Waals surface area contributed by atoms with Gasteiger partial charge < -0.3 is 14.8 Å². The minimum absolute atomic E-state index is 0.205. The van der Waals surface area contributed by atoms with Gasteiger partial charge in [0.1, 0.15) is 12.3 Å². The number of hydrogen-bond acceptors (Lipinski definition) is 4. The molecule has 1 aliphatic rings. The highest BCUT2D eigenvalue weighted by Crippen LogP contribution is 2.38. The van der Waals surface area contributed by atoms with Crippen LogP contribution in [0, 0.1) is 6.92 Å². The fourth-order valence-corrected chi connectivity index (χ4v) is 4.90. The molecule has 0 unspecified atom stereocenters. The lowest BCUT2D eigenvalue weighted by Gasteiger charge is -2.14. The summed E-state index contributed by atoms with van der Waals surface area (Å²) in [6.45, 7) is 2.54. The number of imide groups is 1. The van der Waals surface area contributed by atoms with Crippen molar-refractivity contribution in [3.8, 4) is 11.5 Å². The molecular weight excluding hydrogens is 532 g/mol. The quantitative estimate of drug-likeness (QED) is 0.206. The predicted molar refractivity (Wildman–Crippen MR) is 147 cm³/mol. The monoisotopic (exact) mass is 556 g/mol. The number of halogens is 1. The summed E-state index contributed by atoms with van der Waals surface area (Å²) in [4.78, 5) is 26.7. The van der Waals surface area contributed by atoms with E-state index in [1.807, 2.05) is 55.5 Å². The van der Waals surface area contributed by atoms with Crippen LogP contribution < -0.4 is 14.8 Å². The summed E-state index contributed by atoms with van der Waals surface area (Å²) in [7, 11) is 1.56. The van der Waals surface area contributed by atoms with Crippen molar-refractivity contribution in [3.63, 3.8) is 0 Å². The van der Waals surface area contributed by atoms with Crippen LogP contribution in [-0.2, 0) is 17.9 Å². The van der Waals surface area contributed by atoms with E-state index < -0.39 is 6.03 Å². The van der Waals surface area contributed by atoms with Crippen molar-refractivity contribution in [2.24, 2.45) is 0 Å². The SMILES string of the molecule is COc1cc(/C=C2/NC(=O)N(Cc3cccc(C)c3)C2=O)cc(Br)c1OCc1ccc2ccccc2c1. The largest absolute Gasteiger partial charge is 0.493 e. The molecule has 4 aromatic carbocycles. The van der Waals surface area contributed by atoms with Gasteiger partial charge in [0.2, 0.25) is 0 Å². The zero-order valence-electron chi connectivity index (χ0n) is 20.5. The predicted octanol–water partition coefficient (Wildman–Crippen LogP) is 6.59. The molecule has 0 bridgehead atoms. The van der Waals surface area contributed by atoms with Crippen LogP contribution in [0.5, 0.6) is 11.5 Å². The number of fused-ring (bicyclic) bond motifs is 1. The number of aryl methyl sites for hydroxylation is 1. The molecule has 7 heteroatoms. The summed E-state index contributed by atoms with van der Waals surface area (Å²) in [6, 6.07) is 25.3. The van der Waals surface area contributed by atoms with Gasteiger partial charge in [-0.15, -0.1) is 0 Å². The van der Waals surface area contributed by atoms with Gasteiger partial charge in [0.25, 0.3) is 5.91 Å². The van der Waals surface area contributed by atoms with Gasteiger partial charge in [0.15, 0.2) is 11.5 Å². The van der Waals surface area contributed by atoms with E-state index in [0.717, 1.165) is 22.1 Å². The Bertz CT molecular complexity index is 1550. The highest BCUT2D eigenvalue weighted by Gasteiger charge is 2.33. The van der Waals surface area contributed by atoms with Gasteiger partial charge in [-0.25, -0.2) is 4.79 Å². The number of methoxy groups -OCH3 is 1. The van der Waals surface area contributed by atoms with Crippen molar-refractivity contribution in [2.45, 2.75) is 20.1 Å². The molecule has 1 N–H and O–H groups in total. The Morgan fingerprint density at radius 2 is 1.73 bits per heavy atom. The molecule has 1 aliphatic heterocycles. The van der Waals surface area contributed by atoms with Crippen LogP contribution in [0.3, 0.4) is 0 Å². The highest BCUT2D eigenvalue weighted by atomic mass is 79.9. The van der Waals surface area contributed by atoms with E-state index in [1.54, 1.807) is 19.3 Å². The molecule has 1 heterocycles. The first-order valence-corrected chi connectivity index (χ1v) is 12.6. The highest BCUT2D eigenvalue weighted by molar-refractivity contribution is 9.10. The lowest BCUT2D eigenvalue weighted by molar-refractivity contribution is -0.123. The van der Waals surface area contributed by atoms with Crippen LogP contribution in [0.1, 0.15) is 22.3 Å². The first-order valence-electron chi connectivity index (χ1n) is 11.8. The molecule has 3 amide bonds. The van der Waals surface area contributed by atoms with Gasteiger partial charge in [-0.1, -0.05) is 66.2 Å². The fraction of sp³-hybridized carbons (Fsp3) is 0.133. The van der Waals surface area contributed by atoms with Crippen LogP contribution in [0.4, 0.5) is 4.79 Å². The number of carbonyl (C=O) groups excluding carboxylic acids is 2. The number of rotatable bonds is 7. The zero-order chi connectivity index (χ0) is 25.9. The molecule has 4 aromatic rings. The minimum Gasteiger partial charge on any atom is -0.493 e. The number of benzene rings is 4. The molecule has 1 saturated heterocycles. The lowest BCUT2D eigenvalue weighted by Crippen LogP contribution is -2.30. The maximum absolute atomic E-state index is 13.0. The van der Waals surface area contributed by atoms with Crippen LogP contribution >= 0.6 is 15.9 Å². The van der Waals surface area contributed by atoms with Crippen LogP contribution in [0.15, 0.2) is 89.0 Å². The Balaban J connectivity index is 1.34. The normalized spacial score (nSPS) is 14.4. The smallest absolute Gasteiger partial charge is 0.329 e. The van der Waals surface area contributed by atoms with E-state index in [4.69, 9.17) is 9.47 Å². The minimum atomic E-state index is -0.445. The first-order chi connectivity index (χ1) is 17.9. The maximum atomic E-state index is 13.0. The molecule has 6 nitrogen and oxygen atoms in total. The average molecular weight is 557 g/mol. The molecule has 37 heavy (non-hydrogen) atoms. The summed E-state index contributed by atoms with van der Waals surface area (Å²) in [5.74, 6) is 0.689. The van der Waals surface area contributed by atoms with Crippen molar-refractivity contribution in [3.05, 3.63) is 111 Å². The molecule has 0 radical (unpaired) electrons. The third-order valence-corrected chi connectivity index (χ3v) is 6.73. The van der Waals surface area contributed by atoms with Crippen molar-refractivity contribution in [2.75, 3.05) is 7.11 Å². The topological polar surface area (TPSA) is 67.9 Å². The van der Waals surface area contributed by atoms with Gasteiger partial charge in [-0.3, -0.25) is 9.69 Å². The summed E-state index contributed by atoms with van der Waals surface area (Å²) >= 11 is 3.57. The fourth-order valence-electron chi connectivity index (χ4n) is 4.32. The number of nitrogens with one attached hydrogen (secondary N) is 1. The number of nitrogens with zero attached hydrogens (tertiary/aromatic N) is 1. The molecule has 186 valence electrons. The average Bonchev–Trinajstić information content (AvgIpc) is 3.15. The molecule has 0 spiro atoms. The van der Waals surface area contributed by atoms with Crippen LogP contribution in [0.2, 0.25) is 0 Å². The van der Waals surface area contributed by atoms with Crippen LogP contribution in [-0.4, -0.2) is 23.9 Å².